The van der Waals surface area contributed by atoms with Crippen molar-refractivity contribution in [2.24, 2.45) is 0 Å². The van der Waals surface area contributed by atoms with E-state index in [9.17, 15) is 4.79 Å². The van der Waals surface area contributed by atoms with Gasteiger partial charge in [-0.3, -0.25) is 9.36 Å². The normalized spacial score (nSPS) is 10.8. The van der Waals surface area contributed by atoms with Gasteiger partial charge in [-0.05, 0) is 43.5 Å². The molecule has 3 rings (SSSR count). The zero-order chi connectivity index (χ0) is 20.3. The van der Waals surface area contributed by atoms with E-state index in [-0.39, 0.29) is 5.56 Å². The summed E-state index contributed by atoms with van der Waals surface area (Å²) in [6.07, 6.45) is 1.51. The molecule has 0 N–H and O–H groups in total. The van der Waals surface area contributed by atoms with Crippen LogP contribution in [0.15, 0.2) is 23.0 Å². The van der Waals surface area contributed by atoms with Gasteiger partial charge in [-0.1, -0.05) is 6.07 Å². The van der Waals surface area contributed by atoms with E-state index in [0.717, 1.165) is 20.8 Å². The van der Waals surface area contributed by atoms with E-state index >= 15 is 0 Å². The van der Waals surface area contributed by atoms with Crippen molar-refractivity contribution in [1.29, 1.82) is 5.26 Å². The Labute approximate surface area is 168 Å². The molecule has 0 atom stereocenters. The van der Waals surface area contributed by atoms with E-state index in [1.54, 1.807) is 30.1 Å². The number of benzene rings is 1. The molecule has 0 aliphatic heterocycles. The number of unbranched alkanes of at least 4 members (excludes halogenated alkanes) is 1. The highest BCUT2D eigenvalue weighted by Gasteiger charge is 2.17. The molecule has 7 heteroatoms. The summed E-state index contributed by atoms with van der Waals surface area (Å²) < 4.78 is 12.4. The van der Waals surface area contributed by atoms with E-state index < -0.39 is 0 Å². The minimum Gasteiger partial charge on any atom is -0.493 e. The number of aromatic nitrogens is 2. The summed E-state index contributed by atoms with van der Waals surface area (Å²) in [5.74, 6) is 2.00. The summed E-state index contributed by atoms with van der Waals surface area (Å²) in [7, 11) is 3.20. The molecule has 0 amide bonds. The van der Waals surface area contributed by atoms with Gasteiger partial charge in [0.05, 0.1) is 25.7 Å². The van der Waals surface area contributed by atoms with Crippen LogP contribution in [0.5, 0.6) is 11.5 Å². The van der Waals surface area contributed by atoms with Crippen LogP contribution in [0.25, 0.3) is 10.2 Å². The quantitative estimate of drug-likeness (QED) is 0.564. The van der Waals surface area contributed by atoms with Gasteiger partial charge >= 0.3 is 0 Å². The summed E-state index contributed by atoms with van der Waals surface area (Å²) in [4.78, 5) is 19.9. The van der Waals surface area contributed by atoms with Crippen molar-refractivity contribution in [3.63, 3.8) is 0 Å². The molecular weight excluding hydrogens is 374 g/mol. The Morgan fingerprint density at radius 3 is 2.64 bits per heavy atom. The lowest BCUT2D eigenvalue weighted by atomic mass is 10.1. The Hall–Kier alpha value is -2.85. The van der Waals surface area contributed by atoms with Crippen LogP contribution in [0, 0.1) is 25.2 Å². The number of thiophene rings is 1. The molecule has 0 bridgehead atoms. The van der Waals surface area contributed by atoms with Crippen molar-refractivity contribution in [2.75, 3.05) is 14.2 Å². The SMILES string of the molecule is COc1ccc(Cc2nc3sc(C)c(C)c3c(=O)n2CCCC#N)cc1OC. The lowest BCUT2D eigenvalue weighted by molar-refractivity contribution is 0.354. The maximum atomic E-state index is 13.2. The smallest absolute Gasteiger partial charge is 0.262 e. The molecule has 0 radical (unpaired) electrons. The summed E-state index contributed by atoms with van der Waals surface area (Å²) in [6.45, 7) is 4.45. The average molecular weight is 398 g/mol. The number of hydrogen-bond donors (Lipinski definition) is 0. The first-order valence-corrected chi connectivity index (χ1v) is 9.89. The third-order valence-electron chi connectivity index (χ3n) is 4.85. The Bertz CT molecular complexity index is 1110. The second kappa shape index (κ2) is 8.44. The first-order valence-electron chi connectivity index (χ1n) is 9.07. The van der Waals surface area contributed by atoms with E-state index in [1.807, 2.05) is 32.0 Å². The molecule has 146 valence electrons. The number of nitriles is 1. The van der Waals surface area contributed by atoms with Gasteiger partial charge < -0.3 is 9.47 Å². The zero-order valence-corrected chi connectivity index (χ0v) is 17.4. The summed E-state index contributed by atoms with van der Waals surface area (Å²) in [5.41, 5.74) is 1.94. The molecule has 0 aliphatic carbocycles. The molecule has 2 aromatic heterocycles. The monoisotopic (exact) mass is 397 g/mol. The lowest BCUT2D eigenvalue weighted by Gasteiger charge is -2.14. The van der Waals surface area contributed by atoms with Gasteiger partial charge in [-0.2, -0.15) is 5.26 Å². The fourth-order valence-corrected chi connectivity index (χ4v) is 4.26. The standard InChI is InChI=1S/C21H23N3O3S/c1-13-14(2)28-20-19(13)21(25)24(10-6-5-9-22)18(23-20)12-15-7-8-16(26-3)17(11-15)27-4/h7-8,11H,5-6,10,12H2,1-4H3. The highest BCUT2D eigenvalue weighted by Crippen LogP contribution is 2.30. The number of aryl methyl sites for hydroxylation is 2. The largest absolute Gasteiger partial charge is 0.493 e. The third-order valence-corrected chi connectivity index (χ3v) is 5.95. The van der Waals surface area contributed by atoms with Crippen LogP contribution in [0.3, 0.4) is 0 Å². The Morgan fingerprint density at radius 1 is 1.21 bits per heavy atom. The number of rotatable bonds is 7. The van der Waals surface area contributed by atoms with Crippen LogP contribution < -0.4 is 15.0 Å². The number of nitrogens with zero attached hydrogens (tertiary/aromatic N) is 3. The number of fused-ring (bicyclic) bond motifs is 1. The molecule has 28 heavy (non-hydrogen) atoms. The minimum atomic E-state index is -0.0275. The van der Waals surface area contributed by atoms with Crippen molar-refractivity contribution < 1.29 is 9.47 Å². The average Bonchev–Trinajstić information content (AvgIpc) is 2.98. The van der Waals surface area contributed by atoms with Gasteiger partial charge in [0.2, 0.25) is 0 Å². The predicted molar refractivity (Wildman–Crippen MR) is 111 cm³/mol. The number of methoxy groups -OCH3 is 2. The van der Waals surface area contributed by atoms with Gasteiger partial charge in [0.1, 0.15) is 10.7 Å². The highest BCUT2D eigenvalue weighted by molar-refractivity contribution is 7.18. The van der Waals surface area contributed by atoms with E-state index in [0.29, 0.717) is 48.5 Å². The zero-order valence-electron chi connectivity index (χ0n) is 16.5. The number of ether oxygens (including phenoxy) is 2. The molecule has 0 saturated carbocycles. The maximum Gasteiger partial charge on any atom is 0.262 e. The molecule has 0 fully saturated rings. The van der Waals surface area contributed by atoms with Gasteiger partial charge in [-0.25, -0.2) is 4.98 Å². The van der Waals surface area contributed by atoms with Gasteiger partial charge in [0.25, 0.3) is 5.56 Å². The molecule has 0 spiro atoms. The third kappa shape index (κ3) is 3.73. The fraction of sp³-hybridized carbons (Fsp3) is 0.381. The first-order chi connectivity index (χ1) is 13.5. The second-order valence-electron chi connectivity index (χ2n) is 6.58. The Balaban J connectivity index is 2.09. The van der Waals surface area contributed by atoms with Crippen LogP contribution in [-0.2, 0) is 13.0 Å². The molecule has 0 saturated heterocycles. The number of hydrogen-bond acceptors (Lipinski definition) is 6. The van der Waals surface area contributed by atoms with Crippen LogP contribution in [0.4, 0.5) is 0 Å². The van der Waals surface area contributed by atoms with E-state index in [4.69, 9.17) is 19.7 Å². The maximum absolute atomic E-state index is 13.2. The fourth-order valence-electron chi connectivity index (χ4n) is 3.22. The lowest BCUT2D eigenvalue weighted by Crippen LogP contribution is -2.25. The van der Waals surface area contributed by atoms with Crippen molar-refractivity contribution in [3.05, 3.63) is 50.4 Å². The highest BCUT2D eigenvalue weighted by atomic mass is 32.1. The van der Waals surface area contributed by atoms with Gasteiger partial charge in [0, 0.05) is 24.3 Å². The topological polar surface area (TPSA) is 77.1 Å². The van der Waals surface area contributed by atoms with E-state index in [2.05, 4.69) is 6.07 Å². The predicted octanol–water partition coefficient (Wildman–Crippen LogP) is 3.99. The molecule has 3 aromatic rings. The first kappa shape index (κ1) is 19.9. The molecule has 0 unspecified atom stereocenters. The molecular formula is C21H23N3O3S. The van der Waals surface area contributed by atoms with Crippen LogP contribution in [-0.4, -0.2) is 23.8 Å². The van der Waals surface area contributed by atoms with Crippen LogP contribution >= 0.6 is 11.3 Å². The van der Waals surface area contributed by atoms with Crippen molar-refractivity contribution >= 4 is 21.6 Å². The molecule has 0 aliphatic rings. The van der Waals surface area contributed by atoms with Crippen molar-refractivity contribution in [3.8, 4) is 17.6 Å². The van der Waals surface area contributed by atoms with Crippen LogP contribution in [0.1, 0.15) is 34.7 Å². The molecule has 2 heterocycles. The Kier molecular flexibility index (Phi) is 6.00. The molecule has 6 nitrogen and oxygen atoms in total. The van der Waals surface area contributed by atoms with Crippen LogP contribution in [0.2, 0.25) is 0 Å². The minimum absolute atomic E-state index is 0.0275. The van der Waals surface area contributed by atoms with Gasteiger partial charge in [0.15, 0.2) is 11.5 Å². The van der Waals surface area contributed by atoms with E-state index in [1.165, 1.54) is 0 Å². The molecule has 1 aromatic carbocycles. The van der Waals surface area contributed by atoms with Gasteiger partial charge in [-0.15, -0.1) is 11.3 Å². The summed E-state index contributed by atoms with van der Waals surface area (Å²) in [6, 6.07) is 7.84. The Morgan fingerprint density at radius 2 is 1.96 bits per heavy atom. The van der Waals surface area contributed by atoms with Crippen molar-refractivity contribution in [1.82, 2.24) is 9.55 Å². The summed E-state index contributed by atoms with van der Waals surface area (Å²) >= 11 is 1.55. The summed E-state index contributed by atoms with van der Waals surface area (Å²) in [5, 5.41) is 9.56. The van der Waals surface area contributed by atoms with Crippen molar-refractivity contribution in [2.45, 2.75) is 39.7 Å². The second-order valence-corrected chi connectivity index (χ2v) is 7.78.